The molecule has 0 saturated carbocycles. The molecule has 51 heavy (non-hydrogen) atoms. The number of fused-ring (bicyclic) bond motifs is 3. The highest BCUT2D eigenvalue weighted by atomic mass is 19.1. The Kier molecular flexibility index (Phi) is 9.91. The number of aromatic nitrogens is 3. The highest BCUT2D eigenvalue weighted by Crippen LogP contribution is 2.41. The van der Waals surface area contributed by atoms with E-state index in [-0.39, 0.29) is 41.6 Å². The second-order valence-corrected chi connectivity index (χ2v) is 14.4. The van der Waals surface area contributed by atoms with Gasteiger partial charge in [-0.3, -0.25) is 14.7 Å². The summed E-state index contributed by atoms with van der Waals surface area (Å²) in [6.45, 7) is 10.5. The number of carbonyl (C=O) groups excluding carboxylic acids is 1. The number of hydrogen-bond acceptors (Lipinski definition) is 8. The fourth-order valence-electron chi connectivity index (χ4n) is 8.20. The van der Waals surface area contributed by atoms with Crippen molar-refractivity contribution in [2.45, 2.75) is 63.2 Å². The molecular formula is C39H46F3N7O2. The number of hydrogen-bond donors (Lipinski definition) is 0. The molecule has 4 aliphatic rings. The van der Waals surface area contributed by atoms with Crippen LogP contribution in [0.15, 0.2) is 49.2 Å². The average molecular weight is 702 g/mol. The third-order valence-electron chi connectivity index (χ3n) is 11.2. The summed E-state index contributed by atoms with van der Waals surface area (Å²) in [5, 5.41) is 1.78. The van der Waals surface area contributed by atoms with Crippen LogP contribution in [0.5, 0.6) is 6.01 Å². The normalized spacial score (nSPS) is 23.2. The van der Waals surface area contributed by atoms with Crippen molar-refractivity contribution < 1.29 is 22.7 Å². The van der Waals surface area contributed by atoms with Crippen molar-refractivity contribution in [1.29, 1.82) is 0 Å². The van der Waals surface area contributed by atoms with E-state index >= 15 is 4.39 Å². The Bertz CT molecular complexity index is 1960. The number of nitrogens with zero attached hydrogens (tertiary/aromatic N) is 7. The number of aryl methyl sites for hydroxylation is 1. The number of alkyl halides is 1. The molecule has 2 aromatic heterocycles. The molecule has 0 radical (unpaired) electrons. The Morgan fingerprint density at radius 3 is 2.65 bits per heavy atom. The standard InChI is InChI=1S/C35H37F3N6O2.C4H9N/c1-4-24-27(37)11-10-21-8-6-9-25(29(21)24)31-30(38)32-26(17-39-31)33(42(3)23-12-15-43(19-23)28(45)5-2)41-34(40-32)46-20-35-13-7-14-44(35)18-22(36)16-35;1-5-3-2-4-5/h5-6,8-11,17,22-23H,2,4,7,12-16,18-20H2,1,3H3;2-4H2,1H3/t22-,23-,35+;/m1./s1. The Morgan fingerprint density at radius 2 is 1.92 bits per heavy atom. The van der Waals surface area contributed by atoms with Gasteiger partial charge in [0.1, 0.15) is 35.6 Å². The predicted molar refractivity (Wildman–Crippen MR) is 194 cm³/mol. The van der Waals surface area contributed by atoms with Crippen LogP contribution in [0.2, 0.25) is 0 Å². The van der Waals surface area contributed by atoms with Gasteiger partial charge in [-0.1, -0.05) is 37.8 Å². The van der Waals surface area contributed by atoms with Crippen molar-refractivity contribution in [2.75, 3.05) is 64.9 Å². The summed E-state index contributed by atoms with van der Waals surface area (Å²) in [5.74, 6) is -0.747. The van der Waals surface area contributed by atoms with Crippen LogP contribution in [0.3, 0.4) is 0 Å². The van der Waals surface area contributed by atoms with Crippen LogP contribution in [0.4, 0.5) is 19.0 Å². The van der Waals surface area contributed by atoms with E-state index < -0.39 is 17.5 Å². The molecule has 12 heteroatoms. The Hall–Kier alpha value is -4.29. The van der Waals surface area contributed by atoms with Gasteiger partial charge in [0, 0.05) is 50.9 Å². The number of halogens is 3. The molecule has 0 unspecified atom stereocenters. The van der Waals surface area contributed by atoms with Gasteiger partial charge in [-0.05, 0) is 87.3 Å². The van der Waals surface area contributed by atoms with E-state index in [1.807, 2.05) is 24.9 Å². The molecule has 1 amide bonds. The molecular weight excluding hydrogens is 655 g/mol. The van der Waals surface area contributed by atoms with E-state index in [1.54, 1.807) is 29.3 Å². The van der Waals surface area contributed by atoms with Gasteiger partial charge in [-0.25, -0.2) is 13.2 Å². The van der Waals surface area contributed by atoms with E-state index in [1.165, 1.54) is 31.7 Å². The SMILES string of the molecule is C=CC(=O)N1CC[C@@H](N(C)c2nc(OC[C@@]34CCCN3C[C@H](F)C4)nc3c(F)c(-c4cccc5ccc(F)c(CC)c45)ncc23)C1.CN1CCC1. The van der Waals surface area contributed by atoms with Gasteiger partial charge in [-0.15, -0.1) is 0 Å². The van der Waals surface area contributed by atoms with E-state index in [0.717, 1.165) is 24.8 Å². The third kappa shape index (κ3) is 6.64. The van der Waals surface area contributed by atoms with E-state index in [9.17, 15) is 13.6 Å². The van der Waals surface area contributed by atoms with Gasteiger partial charge in [0.15, 0.2) is 5.82 Å². The summed E-state index contributed by atoms with van der Waals surface area (Å²) in [7, 11) is 4.00. The van der Waals surface area contributed by atoms with Crippen molar-refractivity contribution in [1.82, 2.24) is 29.7 Å². The summed E-state index contributed by atoms with van der Waals surface area (Å²) in [6.07, 6.45) is 6.60. The number of carbonyl (C=O) groups is 1. The van der Waals surface area contributed by atoms with Crippen molar-refractivity contribution in [3.05, 3.63) is 66.4 Å². The monoisotopic (exact) mass is 701 g/mol. The molecule has 4 aliphatic heterocycles. The van der Waals surface area contributed by atoms with Crippen molar-refractivity contribution in [2.24, 2.45) is 0 Å². The zero-order valence-electron chi connectivity index (χ0n) is 29.7. The first-order valence-corrected chi connectivity index (χ1v) is 18.0. The highest BCUT2D eigenvalue weighted by Gasteiger charge is 2.49. The van der Waals surface area contributed by atoms with Gasteiger partial charge in [0.05, 0.1) is 10.9 Å². The molecule has 0 aliphatic carbocycles. The fourth-order valence-corrected chi connectivity index (χ4v) is 8.20. The Morgan fingerprint density at radius 1 is 1.12 bits per heavy atom. The zero-order valence-corrected chi connectivity index (χ0v) is 29.7. The fraction of sp³-hybridized carbons (Fsp3) is 0.487. The van der Waals surface area contributed by atoms with Gasteiger partial charge >= 0.3 is 6.01 Å². The minimum atomic E-state index is -0.920. The summed E-state index contributed by atoms with van der Waals surface area (Å²) >= 11 is 0. The molecule has 4 fully saturated rings. The van der Waals surface area contributed by atoms with Crippen LogP contribution in [-0.4, -0.2) is 113 Å². The lowest BCUT2D eigenvalue weighted by molar-refractivity contribution is -0.125. The van der Waals surface area contributed by atoms with Gasteiger partial charge in [0.25, 0.3) is 0 Å². The Balaban J connectivity index is 0.000000749. The molecule has 8 rings (SSSR count). The summed E-state index contributed by atoms with van der Waals surface area (Å²) < 4.78 is 52.4. The van der Waals surface area contributed by atoms with Crippen LogP contribution >= 0.6 is 0 Å². The molecule has 2 aromatic carbocycles. The van der Waals surface area contributed by atoms with Crippen molar-refractivity contribution >= 4 is 33.4 Å². The lowest BCUT2D eigenvalue weighted by Gasteiger charge is -2.31. The highest BCUT2D eigenvalue weighted by molar-refractivity contribution is 6.01. The number of pyridine rings is 1. The molecule has 6 heterocycles. The topological polar surface area (TPSA) is 77.9 Å². The second-order valence-electron chi connectivity index (χ2n) is 14.4. The van der Waals surface area contributed by atoms with E-state index in [2.05, 4.69) is 33.4 Å². The number of ether oxygens (including phenoxy) is 1. The van der Waals surface area contributed by atoms with E-state index in [4.69, 9.17) is 9.72 Å². The second kappa shape index (κ2) is 14.4. The quantitative estimate of drug-likeness (QED) is 0.202. The molecule has 3 atom stereocenters. The summed E-state index contributed by atoms with van der Waals surface area (Å²) in [6, 6.07) is 8.43. The van der Waals surface area contributed by atoms with Gasteiger partial charge in [-0.2, -0.15) is 9.97 Å². The van der Waals surface area contributed by atoms with Crippen molar-refractivity contribution in [3.8, 4) is 17.3 Å². The maximum Gasteiger partial charge on any atom is 0.319 e. The van der Waals surface area contributed by atoms with Crippen LogP contribution in [-0.2, 0) is 11.2 Å². The maximum absolute atomic E-state index is 16.8. The number of rotatable bonds is 8. The third-order valence-corrected chi connectivity index (χ3v) is 11.2. The number of anilines is 1. The zero-order chi connectivity index (χ0) is 35.9. The van der Waals surface area contributed by atoms with E-state index in [0.29, 0.717) is 66.6 Å². The smallest absolute Gasteiger partial charge is 0.319 e. The predicted octanol–water partition coefficient (Wildman–Crippen LogP) is 6.19. The van der Waals surface area contributed by atoms with Gasteiger partial charge in [0.2, 0.25) is 5.91 Å². The first-order valence-electron chi connectivity index (χ1n) is 18.0. The summed E-state index contributed by atoms with van der Waals surface area (Å²) in [4.78, 5) is 34.3. The van der Waals surface area contributed by atoms with Crippen LogP contribution in [0.25, 0.3) is 32.9 Å². The lowest BCUT2D eigenvalue weighted by atomic mass is 9.95. The first-order chi connectivity index (χ1) is 24.6. The van der Waals surface area contributed by atoms with Crippen LogP contribution in [0, 0.1) is 11.6 Å². The molecule has 0 spiro atoms. The minimum absolute atomic E-state index is 0.0100. The molecule has 9 nitrogen and oxygen atoms in total. The largest absolute Gasteiger partial charge is 0.461 e. The number of likely N-dealkylation sites (N-methyl/N-ethyl adjacent to an activating group) is 1. The molecule has 270 valence electrons. The van der Waals surface area contributed by atoms with Gasteiger partial charge < -0.3 is 19.4 Å². The van der Waals surface area contributed by atoms with Crippen LogP contribution < -0.4 is 9.64 Å². The Labute approximate surface area is 297 Å². The summed E-state index contributed by atoms with van der Waals surface area (Å²) in [5.41, 5.74) is 0.600. The number of likely N-dealkylation sites (tertiary alicyclic amines) is 2. The number of benzene rings is 2. The molecule has 0 N–H and O–H groups in total. The average Bonchev–Trinajstić information content (AvgIpc) is 3.84. The lowest BCUT2D eigenvalue weighted by Crippen LogP contribution is -2.43. The maximum atomic E-state index is 16.8. The van der Waals surface area contributed by atoms with Crippen molar-refractivity contribution in [3.63, 3.8) is 0 Å². The minimum Gasteiger partial charge on any atom is -0.461 e. The van der Waals surface area contributed by atoms with Crippen LogP contribution in [0.1, 0.15) is 44.6 Å². The first kappa shape index (κ1) is 35.1. The molecule has 0 bridgehead atoms. The number of amides is 1. The molecule has 4 aromatic rings. The molecule has 4 saturated heterocycles.